The number of carboxylic acid groups (broad SMARTS) is 1. The molecule has 1 heterocycles. The topological polar surface area (TPSA) is 125 Å². The number of carbonyl (C=O) groups is 3. The Morgan fingerprint density at radius 3 is 2.46 bits per heavy atom. The van der Waals surface area contributed by atoms with Crippen molar-refractivity contribution in [3.63, 3.8) is 0 Å². The first kappa shape index (κ1) is 24.0. The fraction of sp³-hybridized carbons (Fsp3) is 0.222. The second-order valence-corrected chi connectivity index (χ2v) is 8.52. The van der Waals surface area contributed by atoms with E-state index in [-0.39, 0.29) is 18.2 Å². The third kappa shape index (κ3) is 6.04. The van der Waals surface area contributed by atoms with E-state index in [9.17, 15) is 19.5 Å². The molecule has 1 aliphatic rings. The van der Waals surface area contributed by atoms with Gasteiger partial charge in [-0.15, -0.1) is 0 Å². The van der Waals surface area contributed by atoms with Gasteiger partial charge in [-0.1, -0.05) is 48.5 Å². The Kier molecular flexibility index (Phi) is 7.42. The van der Waals surface area contributed by atoms with E-state index >= 15 is 0 Å². The van der Waals surface area contributed by atoms with Gasteiger partial charge in [0.2, 0.25) is 5.91 Å². The second kappa shape index (κ2) is 10.8. The molecule has 8 nitrogen and oxygen atoms in total. The van der Waals surface area contributed by atoms with Gasteiger partial charge >= 0.3 is 5.97 Å². The zero-order chi connectivity index (χ0) is 24.8. The normalized spacial score (nSPS) is 15.1. The quantitative estimate of drug-likeness (QED) is 0.399. The molecule has 3 aromatic carbocycles. The number of rotatable bonds is 8. The highest BCUT2D eigenvalue weighted by Gasteiger charge is 2.31. The summed E-state index contributed by atoms with van der Waals surface area (Å²) in [7, 11) is 0. The van der Waals surface area contributed by atoms with Gasteiger partial charge in [-0.3, -0.25) is 14.4 Å². The molecule has 0 spiro atoms. The largest absolute Gasteiger partial charge is 0.481 e. The van der Waals surface area contributed by atoms with E-state index in [4.69, 9.17) is 5.73 Å². The molecule has 0 saturated heterocycles. The maximum absolute atomic E-state index is 13.2. The molecule has 4 rings (SSSR count). The van der Waals surface area contributed by atoms with Crippen molar-refractivity contribution < 1.29 is 19.5 Å². The lowest BCUT2D eigenvalue weighted by molar-refractivity contribution is -0.141. The molecule has 0 radical (unpaired) electrons. The SMILES string of the molecule is NCc1ccc(NC(=O)c2ccc3c(c2)NC(CC(=O)O)C(=O)N(CCc2ccccc2)C3)cc1. The summed E-state index contributed by atoms with van der Waals surface area (Å²) in [6, 6.07) is 21.4. The van der Waals surface area contributed by atoms with Crippen molar-refractivity contribution in [1.82, 2.24) is 4.90 Å². The van der Waals surface area contributed by atoms with Gasteiger partial charge in [0.1, 0.15) is 6.04 Å². The Hall–Kier alpha value is -4.17. The fourth-order valence-electron chi connectivity index (χ4n) is 4.08. The van der Waals surface area contributed by atoms with Gasteiger partial charge in [0.05, 0.1) is 6.42 Å². The van der Waals surface area contributed by atoms with Gasteiger partial charge in [0.15, 0.2) is 0 Å². The molecule has 2 amide bonds. The highest BCUT2D eigenvalue weighted by Crippen LogP contribution is 2.26. The lowest BCUT2D eigenvalue weighted by Gasteiger charge is -2.24. The number of anilines is 2. The van der Waals surface area contributed by atoms with Gasteiger partial charge in [0.25, 0.3) is 5.91 Å². The van der Waals surface area contributed by atoms with E-state index in [1.54, 1.807) is 35.2 Å². The van der Waals surface area contributed by atoms with Crippen LogP contribution >= 0.6 is 0 Å². The van der Waals surface area contributed by atoms with E-state index in [0.717, 1.165) is 16.7 Å². The monoisotopic (exact) mass is 472 g/mol. The smallest absolute Gasteiger partial charge is 0.305 e. The molecule has 180 valence electrons. The number of nitrogens with zero attached hydrogens (tertiary/aromatic N) is 1. The average Bonchev–Trinajstić information content (AvgIpc) is 2.99. The summed E-state index contributed by atoms with van der Waals surface area (Å²) in [6.07, 6.45) is 0.301. The van der Waals surface area contributed by atoms with Crippen molar-refractivity contribution in [2.75, 3.05) is 17.2 Å². The third-order valence-corrected chi connectivity index (χ3v) is 6.01. The summed E-state index contributed by atoms with van der Waals surface area (Å²) in [5.41, 5.74) is 10.1. The molecule has 0 aliphatic carbocycles. The average molecular weight is 473 g/mol. The molecule has 3 aromatic rings. The molecule has 35 heavy (non-hydrogen) atoms. The Bertz CT molecular complexity index is 1210. The molecule has 8 heteroatoms. The van der Waals surface area contributed by atoms with Crippen LogP contribution in [-0.4, -0.2) is 40.4 Å². The molecule has 5 N–H and O–H groups in total. The minimum atomic E-state index is -1.07. The fourth-order valence-corrected chi connectivity index (χ4v) is 4.08. The van der Waals surface area contributed by atoms with Crippen LogP contribution in [0.25, 0.3) is 0 Å². The van der Waals surface area contributed by atoms with Gasteiger partial charge in [-0.2, -0.15) is 0 Å². The Balaban J connectivity index is 1.54. The number of nitrogens with two attached hydrogens (primary N) is 1. The molecule has 0 saturated carbocycles. The van der Waals surface area contributed by atoms with Crippen molar-refractivity contribution in [1.29, 1.82) is 0 Å². The van der Waals surface area contributed by atoms with Crippen molar-refractivity contribution in [3.8, 4) is 0 Å². The molecule has 1 aliphatic heterocycles. The first-order valence-corrected chi connectivity index (χ1v) is 11.5. The lowest BCUT2D eigenvalue weighted by Crippen LogP contribution is -2.42. The highest BCUT2D eigenvalue weighted by molar-refractivity contribution is 6.05. The molecule has 1 unspecified atom stereocenters. The van der Waals surface area contributed by atoms with Crippen LogP contribution < -0.4 is 16.4 Å². The molecule has 0 aromatic heterocycles. The molecule has 0 fully saturated rings. The van der Waals surface area contributed by atoms with E-state index < -0.39 is 12.0 Å². The molecule has 1 atom stereocenters. The predicted molar refractivity (Wildman–Crippen MR) is 134 cm³/mol. The Morgan fingerprint density at radius 1 is 1.03 bits per heavy atom. The summed E-state index contributed by atoms with van der Waals surface area (Å²) < 4.78 is 0. The first-order valence-electron chi connectivity index (χ1n) is 11.5. The Morgan fingerprint density at radius 2 is 1.77 bits per heavy atom. The maximum Gasteiger partial charge on any atom is 0.305 e. The molecular weight excluding hydrogens is 444 g/mol. The number of nitrogens with one attached hydrogen (secondary N) is 2. The number of aliphatic carboxylic acids is 1. The predicted octanol–water partition coefficient (Wildman–Crippen LogP) is 3.24. The van der Waals surface area contributed by atoms with E-state index in [1.807, 2.05) is 42.5 Å². The van der Waals surface area contributed by atoms with E-state index in [0.29, 0.717) is 43.0 Å². The summed E-state index contributed by atoms with van der Waals surface area (Å²) >= 11 is 0. The number of carbonyl (C=O) groups excluding carboxylic acids is 2. The van der Waals surface area contributed by atoms with Crippen LogP contribution in [0.1, 0.15) is 33.5 Å². The number of amides is 2. The van der Waals surface area contributed by atoms with Crippen LogP contribution in [0.4, 0.5) is 11.4 Å². The van der Waals surface area contributed by atoms with E-state index in [1.165, 1.54) is 0 Å². The van der Waals surface area contributed by atoms with Crippen LogP contribution in [0.2, 0.25) is 0 Å². The summed E-state index contributed by atoms with van der Waals surface area (Å²) in [4.78, 5) is 39.2. The number of hydrogen-bond donors (Lipinski definition) is 4. The van der Waals surface area contributed by atoms with Crippen LogP contribution in [-0.2, 0) is 29.1 Å². The molecular formula is C27H28N4O4. The minimum absolute atomic E-state index is 0.273. The van der Waals surface area contributed by atoms with Crippen molar-refractivity contribution in [3.05, 3.63) is 95.1 Å². The standard InChI is InChI=1S/C27H28N4O4/c28-16-19-6-10-22(11-7-19)29-26(34)20-8-9-21-17-31(13-12-18-4-2-1-3-5-18)27(35)24(15-25(32)33)30-23(21)14-20/h1-11,14,24,30H,12-13,15-17,28H2,(H,29,34)(H,32,33). The van der Waals surface area contributed by atoms with Gasteiger partial charge in [-0.25, -0.2) is 0 Å². The van der Waals surface area contributed by atoms with E-state index in [2.05, 4.69) is 10.6 Å². The zero-order valence-electron chi connectivity index (χ0n) is 19.2. The van der Waals surface area contributed by atoms with Crippen molar-refractivity contribution in [2.24, 2.45) is 5.73 Å². The van der Waals surface area contributed by atoms with Crippen molar-refractivity contribution in [2.45, 2.75) is 32.0 Å². The lowest BCUT2D eigenvalue weighted by atomic mass is 10.1. The number of hydrogen-bond acceptors (Lipinski definition) is 5. The molecule has 0 bridgehead atoms. The summed E-state index contributed by atoms with van der Waals surface area (Å²) in [6.45, 7) is 1.21. The van der Waals surface area contributed by atoms with Crippen LogP contribution in [0.3, 0.4) is 0 Å². The number of carboxylic acids is 1. The maximum atomic E-state index is 13.2. The first-order chi connectivity index (χ1) is 16.9. The van der Waals surface area contributed by atoms with Crippen molar-refractivity contribution >= 4 is 29.2 Å². The van der Waals surface area contributed by atoms with Gasteiger partial charge in [-0.05, 0) is 47.4 Å². The minimum Gasteiger partial charge on any atom is -0.481 e. The number of fused-ring (bicyclic) bond motifs is 1. The van der Waals surface area contributed by atoms with Crippen LogP contribution in [0.5, 0.6) is 0 Å². The Labute approximate surface area is 203 Å². The highest BCUT2D eigenvalue weighted by atomic mass is 16.4. The summed E-state index contributed by atoms with van der Waals surface area (Å²) in [5.74, 6) is -1.65. The van der Waals surface area contributed by atoms with Crippen LogP contribution in [0, 0.1) is 0 Å². The van der Waals surface area contributed by atoms with Gasteiger partial charge in [0, 0.05) is 36.6 Å². The zero-order valence-corrected chi connectivity index (χ0v) is 19.2. The second-order valence-electron chi connectivity index (χ2n) is 8.52. The number of benzene rings is 3. The van der Waals surface area contributed by atoms with Crippen LogP contribution in [0.15, 0.2) is 72.8 Å². The van der Waals surface area contributed by atoms with Gasteiger partial charge < -0.3 is 26.4 Å². The summed E-state index contributed by atoms with van der Waals surface area (Å²) in [5, 5.41) is 15.3. The third-order valence-electron chi connectivity index (χ3n) is 6.01.